The van der Waals surface area contributed by atoms with E-state index in [9.17, 15) is 19.5 Å². The van der Waals surface area contributed by atoms with Crippen molar-refractivity contribution >= 4 is 29.3 Å². The summed E-state index contributed by atoms with van der Waals surface area (Å²) in [6.07, 6.45) is 1.85. The number of phenols is 1. The summed E-state index contributed by atoms with van der Waals surface area (Å²) in [6, 6.07) is 10.7. The molecule has 1 aliphatic heterocycles. The molecular formula is C25H28O6S. The maximum Gasteiger partial charge on any atom is 0.305 e. The van der Waals surface area contributed by atoms with Gasteiger partial charge in [0.05, 0.1) is 19.1 Å². The van der Waals surface area contributed by atoms with Crippen LogP contribution in [-0.4, -0.2) is 41.6 Å². The first-order valence-corrected chi connectivity index (χ1v) is 11.7. The quantitative estimate of drug-likeness (QED) is 0.300. The highest BCUT2D eigenvalue weighted by Crippen LogP contribution is 2.48. The van der Waals surface area contributed by atoms with Gasteiger partial charge in [0.1, 0.15) is 17.6 Å². The van der Waals surface area contributed by atoms with Crippen molar-refractivity contribution in [2.45, 2.75) is 56.4 Å². The number of ether oxygens (including phenoxy) is 2. The highest BCUT2D eigenvalue weighted by atomic mass is 32.2. The van der Waals surface area contributed by atoms with Crippen LogP contribution in [-0.2, 0) is 9.53 Å². The summed E-state index contributed by atoms with van der Waals surface area (Å²) < 4.78 is 10.7. The molecule has 0 aliphatic carbocycles. The fraction of sp³-hybridized carbons (Fsp3) is 0.400. The fourth-order valence-corrected chi connectivity index (χ4v) is 4.92. The minimum absolute atomic E-state index is 0.0148. The van der Waals surface area contributed by atoms with Crippen molar-refractivity contribution in [3.8, 4) is 11.5 Å². The van der Waals surface area contributed by atoms with Crippen LogP contribution < -0.4 is 4.74 Å². The molecule has 0 bridgehead atoms. The van der Waals surface area contributed by atoms with Gasteiger partial charge in [0.15, 0.2) is 11.6 Å². The maximum atomic E-state index is 12.2. The van der Waals surface area contributed by atoms with Gasteiger partial charge in [0, 0.05) is 34.1 Å². The molecule has 2 unspecified atom stereocenters. The Morgan fingerprint density at radius 3 is 2.44 bits per heavy atom. The Labute approximate surface area is 192 Å². The molecule has 2 atom stereocenters. The summed E-state index contributed by atoms with van der Waals surface area (Å²) in [6.45, 7) is 3.53. The van der Waals surface area contributed by atoms with Crippen LogP contribution in [0.1, 0.15) is 71.7 Å². The van der Waals surface area contributed by atoms with E-state index in [1.165, 1.54) is 14.0 Å². The van der Waals surface area contributed by atoms with E-state index in [1.807, 2.05) is 12.1 Å². The molecule has 3 rings (SSSR count). The number of ketones is 2. The minimum Gasteiger partial charge on any atom is -0.507 e. The van der Waals surface area contributed by atoms with Crippen LogP contribution in [0.4, 0.5) is 0 Å². The van der Waals surface area contributed by atoms with Crippen molar-refractivity contribution < 1.29 is 29.0 Å². The highest BCUT2D eigenvalue weighted by molar-refractivity contribution is 7.99. The Balaban J connectivity index is 1.66. The number of methoxy groups -OCH3 is 1. The van der Waals surface area contributed by atoms with Gasteiger partial charge in [-0.05, 0) is 37.6 Å². The topological polar surface area (TPSA) is 89.9 Å². The molecule has 2 aromatic carbocycles. The van der Waals surface area contributed by atoms with E-state index < -0.39 is 5.97 Å². The molecule has 0 aromatic heterocycles. The molecule has 0 fully saturated rings. The third kappa shape index (κ3) is 5.33. The van der Waals surface area contributed by atoms with Crippen LogP contribution in [0.25, 0.3) is 0 Å². The molecule has 2 aromatic rings. The third-order valence-electron chi connectivity index (χ3n) is 5.63. The summed E-state index contributed by atoms with van der Waals surface area (Å²) >= 11 is 1.62. The highest BCUT2D eigenvalue weighted by Gasteiger charge is 2.37. The summed E-state index contributed by atoms with van der Waals surface area (Å²) in [4.78, 5) is 36.3. The van der Waals surface area contributed by atoms with Crippen molar-refractivity contribution in [1.29, 1.82) is 0 Å². The molecule has 0 spiro atoms. The van der Waals surface area contributed by atoms with E-state index in [2.05, 4.69) is 11.7 Å². The number of benzene rings is 2. The van der Waals surface area contributed by atoms with Crippen molar-refractivity contribution in [3.05, 3.63) is 53.1 Å². The largest absolute Gasteiger partial charge is 0.507 e. The maximum absolute atomic E-state index is 12.2. The first-order valence-electron chi connectivity index (χ1n) is 10.7. The second kappa shape index (κ2) is 10.7. The molecule has 1 heterocycles. The minimum atomic E-state index is -0.397. The van der Waals surface area contributed by atoms with Crippen molar-refractivity contribution in [3.63, 3.8) is 0 Å². The van der Waals surface area contributed by atoms with Gasteiger partial charge in [-0.1, -0.05) is 25.5 Å². The lowest BCUT2D eigenvalue weighted by Crippen LogP contribution is -2.21. The van der Waals surface area contributed by atoms with Gasteiger partial charge in [-0.3, -0.25) is 14.4 Å². The molecule has 0 saturated heterocycles. The number of fused-ring (bicyclic) bond motifs is 1. The zero-order valence-corrected chi connectivity index (χ0v) is 19.4. The van der Waals surface area contributed by atoms with Gasteiger partial charge < -0.3 is 14.6 Å². The molecular weight excluding hydrogens is 428 g/mol. The zero-order chi connectivity index (χ0) is 23.3. The SMILES string of the molecule is CCCC1c2c(ccc(C(C)=O)c2O)OC1CSc1ccc(C(=O)CCC(=O)OC)cc1. The van der Waals surface area contributed by atoms with Crippen LogP contribution >= 0.6 is 11.8 Å². The molecule has 1 aliphatic rings. The van der Waals surface area contributed by atoms with E-state index in [4.69, 9.17) is 4.74 Å². The van der Waals surface area contributed by atoms with Crippen LogP contribution in [0, 0.1) is 0 Å². The Morgan fingerprint density at radius 2 is 1.81 bits per heavy atom. The Hall–Kier alpha value is -2.80. The third-order valence-corrected chi connectivity index (χ3v) is 6.73. The number of carbonyl (C=O) groups is 3. The van der Waals surface area contributed by atoms with Crippen LogP contribution in [0.3, 0.4) is 0 Å². The van der Waals surface area contributed by atoms with Crippen molar-refractivity contribution in [1.82, 2.24) is 0 Å². The number of hydrogen-bond acceptors (Lipinski definition) is 7. The number of hydrogen-bond donors (Lipinski definition) is 1. The van der Waals surface area contributed by atoms with Crippen LogP contribution in [0.2, 0.25) is 0 Å². The summed E-state index contributed by atoms with van der Waals surface area (Å²) in [5, 5.41) is 10.7. The summed E-state index contributed by atoms with van der Waals surface area (Å²) in [7, 11) is 1.31. The second-order valence-corrected chi connectivity index (χ2v) is 8.91. The number of phenolic OH excluding ortho intramolecular Hbond substituents is 1. The molecule has 7 heteroatoms. The average molecular weight is 457 g/mol. The smallest absolute Gasteiger partial charge is 0.305 e. The lowest BCUT2D eigenvalue weighted by Gasteiger charge is -2.19. The number of rotatable bonds is 10. The number of aromatic hydroxyl groups is 1. The van der Waals surface area contributed by atoms with Gasteiger partial charge in [0.25, 0.3) is 0 Å². The van der Waals surface area contributed by atoms with Gasteiger partial charge in [0.2, 0.25) is 0 Å². The molecule has 6 nitrogen and oxygen atoms in total. The lowest BCUT2D eigenvalue weighted by atomic mass is 9.89. The Bertz CT molecular complexity index is 998. The van der Waals surface area contributed by atoms with Gasteiger partial charge >= 0.3 is 5.97 Å². The second-order valence-electron chi connectivity index (χ2n) is 7.82. The molecule has 170 valence electrons. The van der Waals surface area contributed by atoms with E-state index >= 15 is 0 Å². The Morgan fingerprint density at radius 1 is 1.09 bits per heavy atom. The summed E-state index contributed by atoms with van der Waals surface area (Å²) in [5.74, 6) is 0.705. The van der Waals surface area contributed by atoms with Crippen molar-refractivity contribution in [2.75, 3.05) is 12.9 Å². The molecule has 0 saturated carbocycles. The standard InChI is InChI=1S/C25H28O6S/c1-4-5-19-22(31-21-12-10-18(15(2)26)25(29)24(19)21)14-32-17-8-6-16(7-9-17)20(27)11-13-23(28)30-3/h6-10,12,19,22,29H,4-5,11,13-14H2,1-3H3. The van der Waals surface area contributed by atoms with E-state index in [0.717, 1.165) is 23.3 Å². The first kappa shape index (κ1) is 23.9. The van der Waals surface area contributed by atoms with Gasteiger partial charge in [-0.25, -0.2) is 0 Å². The summed E-state index contributed by atoms with van der Waals surface area (Å²) in [5.41, 5.74) is 1.62. The van der Waals surface area contributed by atoms with E-state index in [1.54, 1.807) is 36.0 Å². The average Bonchev–Trinajstić information content (AvgIpc) is 3.14. The van der Waals surface area contributed by atoms with Gasteiger partial charge in [-0.15, -0.1) is 11.8 Å². The molecule has 0 radical (unpaired) electrons. The number of Topliss-reactive ketones (excluding diaryl/α,β-unsaturated/α-hetero) is 2. The fourth-order valence-electron chi connectivity index (χ4n) is 3.93. The van der Waals surface area contributed by atoms with Crippen LogP contribution in [0.15, 0.2) is 41.3 Å². The van der Waals surface area contributed by atoms with E-state index in [-0.39, 0.29) is 42.2 Å². The first-order chi connectivity index (χ1) is 15.3. The molecule has 1 N–H and O–H groups in total. The number of thioether (sulfide) groups is 1. The molecule has 32 heavy (non-hydrogen) atoms. The monoisotopic (exact) mass is 456 g/mol. The van der Waals surface area contributed by atoms with Crippen LogP contribution in [0.5, 0.6) is 11.5 Å². The predicted molar refractivity (Wildman–Crippen MR) is 123 cm³/mol. The van der Waals surface area contributed by atoms with Gasteiger partial charge in [-0.2, -0.15) is 0 Å². The number of esters is 1. The lowest BCUT2D eigenvalue weighted by molar-refractivity contribution is -0.140. The Kier molecular flexibility index (Phi) is 7.96. The zero-order valence-electron chi connectivity index (χ0n) is 18.6. The number of carbonyl (C=O) groups excluding carboxylic acids is 3. The molecule has 0 amide bonds. The van der Waals surface area contributed by atoms with Crippen molar-refractivity contribution in [2.24, 2.45) is 0 Å². The predicted octanol–water partition coefficient (Wildman–Crippen LogP) is 5.17. The van der Waals surface area contributed by atoms with E-state index in [0.29, 0.717) is 22.6 Å². The normalized spacial score (nSPS) is 16.8.